The zero-order chi connectivity index (χ0) is 16.0. The van der Waals surface area contributed by atoms with Crippen LogP contribution in [0.4, 0.5) is 0 Å². The maximum atomic E-state index is 12.9. The molecule has 2 aliphatic rings. The van der Waals surface area contributed by atoms with Crippen LogP contribution in [0.5, 0.6) is 0 Å². The molecular weight excluding hydrogens is 286 g/mol. The number of piperidine rings is 1. The molecule has 0 saturated carbocycles. The fourth-order valence-corrected chi connectivity index (χ4v) is 4.37. The van der Waals surface area contributed by atoms with Crippen molar-refractivity contribution in [3.8, 4) is 0 Å². The van der Waals surface area contributed by atoms with Crippen molar-refractivity contribution in [1.29, 1.82) is 0 Å². The Morgan fingerprint density at radius 2 is 2.17 bits per heavy atom. The van der Waals surface area contributed by atoms with Crippen LogP contribution in [0.15, 0.2) is 24.3 Å². The fraction of sp³-hybridized carbons (Fsp3) is 0.526. The Balaban J connectivity index is 1.56. The Bertz CT molecular complexity index is 735. The molecule has 1 N–H and O–H groups in total. The monoisotopic (exact) mass is 311 g/mol. The number of carbonyl (C=O) groups is 1. The van der Waals surface area contributed by atoms with E-state index in [1.165, 1.54) is 24.9 Å². The van der Waals surface area contributed by atoms with Crippen LogP contribution in [0.2, 0.25) is 0 Å². The number of likely N-dealkylation sites (tertiary alicyclic amines) is 2. The standard InChI is InChI=1S/C19H25N3O/c1-3-21-8-4-5-14-11-22(12-18(14)21)19(23)17-10-15-9-13(2)6-7-16(15)20-17/h6-7,9-10,14,18,20H,3-5,8,11-12H2,1-2H3. The predicted molar refractivity (Wildman–Crippen MR) is 92.7 cm³/mol. The van der Waals surface area contributed by atoms with Crippen LogP contribution in [0, 0.1) is 12.8 Å². The van der Waals surface area contributed by atoms with Crippen molar-refractivity contribution < 1.29 is 4.79 Å². The molecule has 4 heteroatoms. The smallest absolute Gasteiger partial charge is 0.270 e. The van der Waals surface area contributed by atoms with Gasteiger partial charge in [0, 0.05) is 30.0 Å². The minimum atomic E-state index is 0.157. The molecule has 1 amide bonds. The van der Waals surface area contributed by atoms with Crippen LogP contribution in [0.3, 0.4) is 0 Å². The lowest BCUT2D eigenvalue weighted by Gasteiger charge is -2.35. The molecule has 2 saturated heterocycles. The second-order valence-electron chi connectivity index (χ2n) is 7.08. The Labute approximate surface area is 137 Å². The normalized spacial score (nSPS) is 25.0. The molecule has 1 aromatic carbocycles. The number of nitrogens with one attached hydrogen (secondary N) is 1. The van der Waals surface area contributed by atoms with Crippen LogP contribution in [-0.4, -0.2) is 52.9 Å². The molecule has 2 unspecified atom stereocenters. The molecule has 3 heterocycles. The van der Waals surface area contributed by atoms with Crippen LogP contribution >= 0.6 is 0 Å². The van der Waals surface area contributed by atoms with Gasteiger partial charge in [-0.25, -0.2) is 0 Å². The third kappa shape index (κ3) is 2.55. The summed E-state index contributed by atoms with van der Waals surface area (Å²) in [4.78, 5) is 20.8. The maximum Gasteiger partial charge on any atom is 0.270 e. The Morgan fingerprint density at radius 3 is 3.00 bits per heavy atom. The highest BCUT2D eigenvalue weighted by molar-refractivity contribution is 5.98. The van der Waals surface area contributed by atoms with E-state index in [4.69, 9.17) is 0 Å². The molecule has 0 spiro atoms. The summed E-state index contributed by atoms with van der Waals surface area (Å²) < 4.78 is 0. The zero-order valence-corrected chi connectivity index (χ0v) is 14.0. The second kappa shape index (κ2) is 5.68. The third-order valence-electron chi connectivity index (χ3n) is 5.60. The van der Waals surface area contributed by atoms with Crippen LogP contribution in [0.25, 0.3) is 10.9 Å². The van der Waals surface area contributed by atoms with Gasteiger partial charge in [-0.2, -0.15) is 0 Å². The number of H-pyrrole nitrogens is 1. The average molecular weight is 311 g/mol. The number of likely N-dealkylation sites (N-methyl/N-ethyl adjacent to an activating group) is 1. The van der Waals surface area contributed by atoms with Gasteiger partial charge in [-0.1, -0.05) is 18.6 Å². The average Bonchev–Trinajstić information content (AvgIpc) is 3.16. The highest BCUT2D eigenvalue weighted by atomic mass is 16.2. The minimum absolute atomic E-state index is 0.157. The van der Waals surface area contributed by atoms with Gasteiger partial charge in [0.2, 0.25) is 0 Å². The van der Waals surface area contributed by atoms with Crippen LogP contribution < -0.4 is 0 Å². The molecular formula is C19H25N3O. The van der Waals surface area contributed by atoms with Gasteiger partial charge in [0.15, 0.2) is 0 Å². The van der Waals surface area contributed by atoms with Crippen molar-refractivity contribution in [1.82, 2.24) is 14.8 Å². The minimum Gasteiger partial charge on any atom is -0.351 e. The first kappa shape index (κ1) is 14.8. The number of fused-ring (bicyclic) bond motifs is 2. The number of aromatic nitrogens is 1. The van der Waals surface area contributed by atoms with E-state index >= 15 is 0 Å². The SMILES string of the molecule is CCN1CCCC2CN(C(=O)c3cc4cc(C)ccc4[nH]3)CC21. The van der Waals surface area contributed by atoms with Crippen LogP contribution in [0.1, 0.15) is 35.8 Å². The highest BCUT2D eigenvalue weighted by Crippen LogP contribution is 2.31. The number of carbonyl (C=O) groups excluding carboxylic acids is 1. The molecule has 4 rings (SSSR count). The van der Waals surface area contributed by atoms with Crippen molar-refractivity contribution >= 4 is 16.8 Å². The fourth-order valence-electron chi connectivity index (χ4n) is 4.37. The quantitative estimate of drug-likeness (QED) is 0.926. The van der Waals surface area contributed by atoms with Gasteiger partial charge in [-0.3, -0.25) is 9.69 Å². The molecule has 122 valence electrons. The first-order valence-corrected chi connectivity index (χ1v) is 8.78. The van der Waals surface area contributed by atoms with Crippen molar-refractivity contribution in [3.05, 3.63) is 35.5 Å². The number of rotatable bonds is 2. The van der Waals surface area contributed by atoms with E-state index in [2.05, 4.69) is 46.8 Å². The molecule has 2 fully saturated rings. The summed E-state index contributed by atoms with van der Waals surface area (Å²) in [5.74, 6) is 0.809. The van der Waals surface area contributed by atoms with E-state index in [-0.39, 0.29) is 5.91 Å². The summed E-state index contributed by atoms with van der Waals surface area (Å²) >= 11 is 0. The number of hydrogen-bond acceptors (Lipinski definition) is 2. The van der Waals surface area contributed by atoms with Gasteiger partial charge in [-0.15, -0.1) is 0 Å². The highest BCUT2D eigenvalue weighted by Gasteiger charge is 2.40. The van der Waals surface area contributed by atoms with Crippen LogP contribution in [-0.2, 0) is 0 Å². The Morgan fingerprint density at radius 1 is 1.30 bits per heavy atom. The maximum absolute atomic E-state index is 12.9. The van der Waals surface area contributed by atoms with E-state index < -0.39 is 0 Å². The van der Waals surface area contributed by atoms with E-state index in [0.29, 0.717) is 12.0 Å². The lowest BCUT2D eigenvalue weighted by atomic mass is 9.92. The lowest BCUT2D eigenvalue weighted by Crippen LogP contribution is -2.45. The Hall–Kier alpha value is -1.81. The number of aromatic amines is 1. The molecule has 0 radical (unpaired) electrons. The van der Waals surface area contributed by atoms with Gasteiger partial charge in [0.05, 0.1) is 0 Å². The van der Waals surface area contributed by atoms with Gasteiger partial charge in [0.1, 0.15) is 5.69 Å². The van der Waals surface area contributed by atoms with Crippen molar-refractivity contribution in [2.24, 2.45) is 5.92 Å². The first-order chi connectivity index (χ1) is 11.2. The van der Waals surface area contributed by atoms with E-state index in [0.717, 1.165) is 36.2 Å². The largest absolute Gasteiger partial charge is 0.351 e. The van der Waals surface area contributed by atoms with Crippen molar-refractivity contribution in [2.75, 3.05) is 26.2 Å². The Kier molecular flexibility index (Phi) is 3.64. The summed E-state index contributed by atoms with van der Waals surface area (Å²) in [6.07, 6.45) is 2.53. The molecule has 4 nitrogen and oxygen atoms in total. The molecule has 2 aliphatic heterocycles. The van der Waals surface area contributed by atoms with Crippen molar-refractivity contribution in [2.45, 2.75) is 32.7 Å². The first-order valence-electron chi connectivity index (χ1n) is 8.78. The van der Waals surface area contributed by atoms with Gasteiger partial charge in [-0.05, 0) is 57.0 Å². The number of nitrogens with zero attached hydrogens (tertiary/aromatic N) is 2. The summed E-state index contributed by atoms with van der Waals surface area (Å²) in [5.41, 5.74) is 3.00. The number of benzene rings is 1. The summed E-state index contributed by atoms with van der Waals surface area (Å²) in [7, 11) is 0. The molecule has 2 atom stereocenters. The lowest BCUT2D eigenvalue weighted by molar-refractivity contribution is 0.0773. The molecule has 0 bridgehead atoms. The molecule has 23 heavy (non-hydrogen) atoms. The van der Waals surface area contributed by atoms with Gasteiger partial charge < -0.3 is 9.88 Å². The summed E-state index contributed by atoms with van der Waals surface area (Å²) in [6, 6.07) is 8.83. The molecule has 0 aliphatic carbocycles. The van der Waals surface area contributed by atoms with E-state index in [9.17, 15) is 4.79 Å². The number of amides is 1. The topological polar surface area (TPSA) is 39.3 Å². The zero-order valence-electron chi connectivity index (χ0n) is 14.0. The number of hydrogen-bond donors (Lipinski definition) is 1. The summed E-state index contributed by atoms with van der Waals surface area (Å²) in [5, 5.41) is 1.13. The second-order valence-corrected chi connectivity index (χ2v) is 7.08. The number of aryl methyl sites for hydroxylation is 1. The third-order valence-corrected chi connectivity index (χ3v) is 5.60. The molecule has 2 aromatic rings. The van der Waals surface area contributed by atoms with Gasteiger partial charge >= 0.3 is 0 Å². The van der Waals surface area contributed by atoms with E-state index in [1.54, 1.807) is 0 Å². The van der Waals surface area contributed by atoms with E-state index in [1.807, 2.05) is 6.07 Å². The van der Waals surface area contributed by atoms with Crippen molar-refractivity contribution in [3.63, 3.8) is 0 Å². The molecule has 1 aromatic heterocycles. The summed E-state index contributed by atoms with van der Waals surface area (Å²) in [6.45, 7) is 8.38. The van der Waals surface area contributed by atoms with Gasteiger partial charge in [0.25, 0.3) is 5.91 Å². The predicted octanol–water partition coefficient (Wildman–Crippen LogP) is 3.03.